The minimum Gasteiger partial charge on any atom is -0.468 e. The lowest BCUT2D eigenvalue weighted by molar-refractivity contribution is -0.141. The number of esters is 1. The maximum atomic E-state index is 14.0. The van der Waals surface area contributed by atoms with Crippen LogP contribution >= 0.6 is 0 Å². The molecule has 0 radical (unpaired) electrons. The fourth-order valence-corrected chi connectivity index (χ4v) is 4.90. The van der Waals surface area contributed by atoms with Crippen LogP contribution in [0.2, 0.25) is 0 Å². The highest BCUT2D eigenvalue weighted by atomic mass is 16.5. The number of ether oxygens (including phenoxy) is 2. The van der Waals surface area contributed by atoms with Gasteiger partial charge in [-0.3, -0.25) is 14.4 Å². The first kappa shape index (κ1) is 27.6. The van der Waals surface area contributed by atoms with Gasteiger partial charge in [0.25, 0.3) is 5.91 Å². The van der Waals surface area contributed by atoms with Crippen LogP contribution in [0.3, 0.4) is 0 Å². The van der Waals surface area contributed by atoms with Crippen molar-refractivity contribution in [1.29, 1.82) is 0 Å². The number of carbonyl (C=O) groups is 3. The minimum atomic E-state index is -0.451. The number of methoxy groups -OCH3 is 1. The van der Waals surface area contributed by atoms with Gasteiger partial charge in [0, 0.05) is 38.8 Å². The molecule has 10 heteroatoms. The van der Waals surface area contributed by atoms with E-state index in [-0.39, 0.29) is 49.5 Å². The van der Waals surface area contributed by atoms with Crippen molar-refractivity contribution < 1.29 is 23.9 Å². The van der Waals surface area contributed by atoms with Crippen molar-refractivity contribution >= 4 is 28.8 Å². The predicted molar refractivity (Wildman–Crippen MR) is 137 cm³/mol. The van der Waals surface area contributed by atoms with E-state index in [0.29, 0.717) is 63.4 Å². The second-order valence-corrected chi connectivity index (χ2v) is 9.62. The minimum absolute atomic E-state index is 0. The molecule has 0 unspecified atom stereocenters. The Bertz CT molecular complexity index is 1060. The first-order valence-electron chi connectivity index (χ1n) is 12.3. The molecule has 4 rings (SSSR count). The van der Waals surface area contributed by atoms with Gasteiger partial charge < -0.3 is 29.2 Å². The Labute approximate surface area is 212 Å². The van der Waals surface area contributed by atoms with Crippen molar-refractivity contribution in [2.24, 2.45) is 11.8 Å². The van der Waals surface area contributed by atoms with E-state index in [1.807, 2.05) is 34.1 Å². The Morgan fingerprint density at radius 2 is 1.92 bits per heavy atom. The summed E-state index contributed by atoms with van der Waals surface area (Å²) in [6.07, 6.45) is 0.582. The first-order valence-corrected chi connectivity index (χ1v) is 12.3. The van der Waals surface area contributed by atoms with Crippen LogP contribution in [-0.4, -0.2) is 96.2 Å². The van der Waals surface area contributed by atoms with Crippen LogP contribution in [0.5, 0.6) is 0 Å². The molecular weight excluding hydrogens is 462 g/mol. The number of nitrogens with one attached hydrogen (secondary N) is 1. The lowest BCUT2D eigenvalue weighted by atomic mass is 9.92. The van der Waals surface area contributed by atoms with E-state index >= 15 is 0 Å². The zero-order valence-electron chi connectivity index (χ0n) is 20.7. The number of aromatic nitrogens is 2. The molecule has 1 aromatic carbocycles. The van der Waals surface area contributed by atoms with Crippen molar-refractivity contribution in [2.45, 2.75) is 40.3 Å². The Kier molecular flexibility index (Phi) is 9.44. The maximum absolute atomic E-state index is 14.0. The molecule has 198 valence electrons. The summed E-state index contributed by atoms with van der Waals surface area (Å²) in [6.45, 7) is 8.06. The monoisotopic (exact) mass is 501 g/mol. The van der Waals surface area contributed by atoms with Crippen molar-refractivity contribution in [3.05, 3.63) is 30.1 Å². The number of para-hydroxylation sites is 2. The summed E-state index contributed by atoms with van der Waals surface area (Å²) in [4.78, 5) is 47.6. The van der Waals surface area contributed by atoms with Gasteiger partial charge in [-0.15, -0.1) is 0 Å². The summed E-state index contributed by atoms with van der Waals surface area (Å²) in [5.41, 5.74) is 1.35. The van der Waals surface area contributed by atoms with E-state index in [4.69, 9.17) is 9.47 Å². The molecule has 2 atom stereocenters. The molecule has 2 amide bonds. The Morgan fingerprint density at radius 1 is 1.19 bits per heavy atom. The van der Waals surface area contributed by atoms with Crippen LogP contribution in [0.15, 0.2) is 24.3 Å². The summed E-state index contributed by atoms with van der Waals surface area (Å²) in [5, 5.41) is 3.37. The topological polar surface area (TPSA) is 106 Å². The third-order valence-electron chi connectivity index (χ3n) is 6.62. The first-order chi connectivity index (χ1) is 16.9. The molecule has 2 aromatic rings. The summed E-state index contributed by atoms with van der Waals surface area (Å²) in [7, 11) is 1.33. The zero-order chi connectivity index (χ0) is 24.9. The van der Waals surface area contributed by atoms with Crippen molar-refractivity contribution in [3.8, 4) is 0 Å². The van der Waals surface area contributed by atoms with Gasteiger partial charge in [0.1, 0.15) is 6.54 Å². The Hall–Kier alpha value is -2.98. The van der Waals surface area contributed by atoms with Crippen LogP contribution in [0.25, 0.3) is 11.0 Å². The quantitative estimate of drug-likeness (QED) is 0.577. The average Bonchev–Trinajstić information content (AvgIpc) is 3.25. The summed E-state index contributed by atoms with van der Waals surface area (Å²) in [6, 6.07) is 7.20. The second-order valence-electron chi connectivity index (χ2n) is 9.62. The molecule has 1 aromatic heterocycles. The zero-order valence-corrected chi connectivity index (χ0v) is 20.7. The highest BCUT2D eigenvalue weighted by Gasteiger charge is 2.37. The number of amides is 2. The molecule has 0 aliphatic carbocycles. The number of hydrogen-bond acceptors (Lipinski definition) is 7. The molecule has 10 nitrogen and oxygen atoms in total. The van der Waals surface area contributed by atoms with Gasteiger partial charge in [0.2, 0.25) is 11.7 Å². The number of carbonyl (C=O) groups excluding carboxylic acids is 3. The number of morpholine rings is 1. The molecule has 0 bridgehead atoms. The van der Waals surface area contributed by atoms with E-state index in [1.54, 1.807) is 4.57 Å². The molecule has 36 heavy (non-hydrogen) atoms. The van der Waals surface area contributed by atoms with Gasteiger partial charge in [-0.25, -0.2) is 4.98 Å². The number of nitrogens with zero attached hydrogens (tertiary/aromatic N) is 4. The molecule has 2 fully saturated rings. The SMILES string of the molecule is C.COC(=O)Cn1c(C(=O)N(CC(C)C)[C@@H]2CNC[C@H](C(=O)N3CCOCC3)C2)nc2ccccc21. The highest BCUT2D eigenvalue weighted by Crippen LogP contribution is 2.24. The molecule has 1 N–H and O–H groups in total. The number of piperidine rings is 1. The maximum Gasteiger partial charge on any atom is 0.325 e. The molecule has 0 spiro atoms. The fraction of sp³-hybridized carbons (Fsp3) is 0.615. The van der Waals surface area contributed by atoms with E-state index in [1.165, 1.54) is 7.11 Å². The van der Waals surface area contributed by atoms with Crippen LogP contribution in [0.4, 0.5) is 0 Å². The number of fused-ring (bicyclic) bond motifs is 1. The summed E-state index contributed by atoms with van der Waals surface area (Å²) in [5.74, 6) is -0.367. The van der Waals surface area contributed by atoms with E-state index in [9.17, 15) is 14.4 Å². The third-order valence-corrected chi connectivity index (χ3v) is 6.62. The predicted octanol–water partition coefficient (Wildman–Crippen LogP) is 1.78. The van der Waals surface area contributed by atoms with Gasteiger partial charge in [0.15, 0.2) is 0 Å². The van der Waals surface area contributed by atoms with Gasteiger partial charge in [-0.1, -0.05) is 33.4 Å². The second kappa shape index (κ2) is 12.3. The average molecular weight is 502 g/mol. The molecule has 0 saturated carbocycles. The highest BCUT2D eigenvalue weighted by molar-refractivity contribution is 5.96. The van der Waals surface area contributed by atoms with E-state index in [2.05, 4.69) is 24.1 Å². The fourth-order valence-electron chi connectivity index (χ4n) is 4.90. The van der Waals surface area contributed by atoms with Crippen LogP contribution in [-0.2, 0) is 25.6 Å². The van der Waals surface area contributed by atoms with E-state index in [0.717, 1.165) is 0 Å². The van der Waals surface area contributed by atoms with Crippen LogP contribution in [0, 0.1) is 11.8 Å². The van der Waals surface area contributed by atoms with Gasteiger partial charge in [-0.05, 0) is 24.5 Å². The smallest absolute Gasteiger partial charge is 0.325 e. The van der Waals surface area contributed by atoms with Crippen LogP contribution < -0.4 is 5.32 Å². The standard InChI is InChI=1S/C25H35N5O5.CH4/c1-17(2)15-29(19-12-18(13-26-14-19)24(32)28-8-10-35-11-9-28)25(33)23-27-20-6-4-5-7-21(20)30(23)16-22(31)34-3;/h4-7,17-19,26H,8-16H2,1-3H3;1H4/t18-,19+;/m1./s1. The lowest BCUT2D eigenvalue weighted by Gasteiger charge is -2.40. The van der Waals surface area contributed by atoms with Crippen molar-refractivity contribution in [1.82, 2.24) is 24.7 Å². The summed E-state index contributed by atoms with van der Waals surface area (Å²) >= 11 is 0. The molecule has 3 heterocycles. The largest absolute Gasteiger partial charge is 0.468 e. The Morgan fingerprint density at radius 3 is 2.61 bits per heavy atom. The molecule has 2 saturated heterocycles. The molecular formula is C26H39N5O5. The summed E-state index contributed by atoms with van der Waals surface area (Å²) < 4.78 is 11.9. The van der Waals surface area contributed by atoms with Crippen molar-refractivity contribution in [3.63, 3.8) is 0 Å². The molecule has 2 aliphatic rings. The number of hydrogen-bond donors (Lipinski definition) is 1. The number of rotatable bonds is 7. The van der Waals surface area contributed by atoms with Crippen LogP contribution in [0.1, 0.15) is 38.3 Å². The van der Waals surface area contributed by atoms with Gasteiger partial charge in [-0.2, -0.15) is 0 Å². The number of imidazole rings is 1. The Balaban J connectivity index is 0.00000361. The van der Waals surface area contributed by atoms with Gasteiger partial charge in [0.05, 0.1) is 37.3 Å². The lowest BCUT2D eigenvalue weighted by Crippen LogP contribution is -2.56. The number of benzene rings is 1. The normalized spacial score (nSPS) is 20.2. The van der Waals surface area contributed by atoms with Crippen molar-refractivity contribution in [2.75, 3.05) is 53.0 Å². The van der Waals surface area contributed by atoms with E-state index < -0.39 is 5.97 Å². The molecule has 2 aliphatic heterocycles. The third kappa shape index (κ3) is 6.04. The van der Waals surface area contributed by atoms with Gasteiger partial charge >= 0.3 is 5.97 Å².